The second-order valence-electron chi connectivity index (χ2n) is 3.73. The van der Waals surface area contributed by atoms with Crippen LogP contribution >= 0.6 is 0 Å². The number of anilines is 1. The molecular weight excluding hydrogens is 242 g/mol. The predicted octanol–water partition coefficient (Wildman–Crippen LogP) is 2.73. The minimum absolute atomic E-state index is 0.432. The van der Waals surface area contributed by atoms with Crippen molar-refractivity contribution in [3.63, 3.8) is 0 Å². The average Bonchev–Trinajstić information content (AvgIpc) is 2.42. The Labute approximate surface area is 111 Å². The second-order valence-corrected chi connectivity index (χ2v) is 3.73. The summed E-state index contributed by atoms with van der Waals surface area (Å²) in [7, 11) is 0. The van der Waals surface area contributed by atoms with Crippen molar-refractivity contribution in [1.82, 2.24) is 4.98 Å². The second kappa shape index (κ2) is 5.74. The molecule has 2 N–H and O–H groups in total. The molecule has 2 aromatic rings. The topological polar surface area (TPSA) is 81.2 Å². The SMILES string of the molecule is CCOc1cc(Oc2ccc(N)cn2)ccc1C#N. The van der Waals surface area contributed by atoms with Gasteiger partial charge in [0.15, 0.2) is 0 Å². The number of ether oxygens (including phenoxy) is 2. The first-order chi connectivity index (χ1) is 9.22. The van der Waals surface area contributed by atoms with Gasteiger partial charge in [-0.25, -0.2) is 4.98 Å². The van der Waals surface area contributed by atoms with E-state index in [1.807, 2.05) is 6.92 Å². The molecule has 0 spiro atoms. The molecule has 1 aromatic carbocycles. The first-order valence-electron chi connectivity index (χ1n) is 5.79. The zero-order valence-electron chi connectivity index (χ0n) is 10.5. The Morgan fingerprint density at radius 3 is 2.79 bits per heavy atom. The lowest BCUT2D eigenvalue weighted by Crippen LogP contribution is -1.96. The van der Waals surface area contributed by atoms with Crippen molar-refractivity contribution in [3.8, 4) is 23.4 Å². The van der Waals surface area contributed by atoms with Crippen LogP contribution in [0.25, 0.3) is 0 Å². The van der Waals surface area contributed by atoms with E-state index in [1.165, 1.54) is 6.20 Å². The molecule has 0 fully saturated rings. The maximum atomic E-state index is 8.96. The van der Waals surface area contributed by atoms with Crippen molar-refractivity contribution in [1.29, 1.82) is 5.26 Å². The van der Waals surface area contributed by atoms with Crippen LogP contribution in [-0.2, 0) is 0 Å². The van der Waals surface area contributed by atoms with Gasteiger partial charge in [-0.1, -0.05) is 0 Å². The zero-order valence-corrected chi connectivity index (χ0v) is 10.5. The lowest BCUT2D eigenvalue weighted by molar-refractivity contribution is 0.337. The standard InChI is InChI=1S/C14H13N3O2/c1-2-18-13-7-12(5-3-10(13)8-15)19-14-6-4-11(16)9-17-14/h3-7,9H,2,16H2,1H3. The summed E-state index contributed by atoms with van der Waals surface area (Å²) in [5.41, 5.74) is 6.59. The van der Waals surface area contributed by atoms with Gasteiger partial charge in [0, 0.05) is 12.1 Å². The Morgan fingerprint density at radius 2 is 2.16 bits per heavy atom. The molecule has 96 valence electrons. The highest BCUT2D eigenvalue weighted by atomic mass is 16.5. The maximum absolute atomic E-state index is 8.96. The number of benzene rings is 1. The predicted molar refractivity (Wildman–Crippen MR) is 71.0 cm³/mol. The smallest absolute Gasteiger partial charge is 0.219 e. The number of nitrogen functional groups attached to an aromatic ring is 1. The van der Waals surface area contributed by atoms with Gasteiger partial charge in [-0.3, -0.25) is 0 Å². The van der Waals surface area contributed by atoms with E-state index < -0.39 is 0 Å². The third kappa shape index (κ3) is 3.13. The maximum Gasteiger partial charge on any atom is 0.219 e. The molecule has 0 unspecified atom stereocenters. The van der Waals surface area contributed by atoms with Crippen LogP contribution in [0.2, 0.25) is 0 Å². The van der Waals surface area contributed by atoms with Gasteiger partial charge < -0.3 is 15.2 Å². The summed E-state index contributed by atoms with van der Waals surface area (Å²) in [4.78, 5) is 4.04. The summed E-state index contributed by atoms with van der Waals surface area (Å²) < 4.78 is 10.9. The first kappa shape index (κ1) is 12.7. The Hall–Kier alpha value is -2.74. The van der Waals surface area contributed by atoms with E-state index >= 15 is 0 Å². The van der Waals surface area contributed by atoms with Crippen LogP contribution in [-0.4, -0.2) is 11.6 Å². The van der Waals surface area contributed by atoms with Gasteiger partial charge in [0.25, 0.3) is 0 Å². The van der Waals surface area contributed by atoms with Crippen molar-refractivity contribution in [2.24, 2.45) is 0 Å². The molecule has 0 saturated carbocycles. The van der Waals surface area contributed by atoms with Gasteiger partial charge in [0.05, 0.1) is 24.1 Å². The normalized spacial score (nSPS) is 9.68. The molecule has 0 aliphatic heterocycles. The lowest BCUT2D eigenvalue weighted by Gasteiger charge is -2.09. The molecule has 0 amide bonds. The molecule has 1 heterocycles. The number of pyridine rings is 1. The third-order valence-electron chi connectivity index (χ3n) is 2.36. The fourth-order valence-corrected chi connectivity index (χ4v) is 1.51. The van der Waals surface area contributed by atoms with E-state index in [9.17, 15) is 0 Å². The van der Waals surface area contributed by atoms with E-state index in [2.05, 4.69) is 11.1 Å². The minimum Gasteiger partial charge on any atom is -0.492 e. The molecule has 0 bridgehead atoms. The van der Waals surface area contributed by atoms with Crippen LogP contribution in [0, 0.1) is 11.3 Å². The third-order valence-corrected chi connectivity index (χ3v) is 2.36. The van der Waals surface area contributed by atoms with Gasteiger partial charge >= 0.3 is 0 Å². The van der Waals surface area contributed by atoms with Crippen molar-refractivity contribution in [2.45, 2.75) is 6.92 Å². The fourth-order valence-electron chi connectivity index (χ4n) is 1.51. The van der Waals surface area contributed by atoms with Crippen molar-refractivity contribution < 1.29 is 9.47 Å². The summed E-state index contributed by atoms with van der Waals surface area (Å²) in [5.74, 6) is 1.49. The lowest BCUT2D eigenvalue weighted by atomic mass is 10.2. The molecule has 0 saturated heterocycles. The van der Waals surface area contributed by atoms with Gasteiger partial charge in [0.2, 0.25) is 5.88 Å². The number of hydrogen-bond donors (Lipinski definition) is 1. The number of nitrogens with zero attached hydrogens (tertiary/aromatic N) is 2. The van der Waals surface area contributed by atoms with Gasteiger partial charge in [-0.15, -0.1) is 0 Å². The number of aromatic nitrogens is 1. The minimum atomic E-state index is 0.432. The Balaban J connectivity index is 2.23. The van der Waals surface area contributed by atoms with Gasteiger partial charge in [-0.05, 0) is 25.1 Å². The van der Waals surface area contributed by atoms with E-state index in [0.29, 0.717) is 35.2 Å². The fraction of sp³-hybridized carbons (Fsp3) is 0.143. The average molecular weight is 255 g/mol. The molecule has 0 radical (unpaired) electrons. The first-order valence-corrected chi connectivity index (χ1v) is 5.79. The summed E-state index contributed by atoms with van der Waals surface area (Å²) in [5, 5.41) is 8.96. The molecule has 0 aliphatic carbocycles. The molecule has 0 atom stereocenters. The summed E-state index contributed by atoms with van der Waals surface area (Å²) >= 11 is 0. The van der Waals surface area contributed by atoms with Crippen molar-refractivity contribution >= 4 is 5.69 Å². The van der Waals surface area contributed by atoms with E-state index in [4.69, 9.17) is 20.5 Å². The quantitative estimate of drug-likeness (QED) is 0.908. The Bertz CT molecular complexity index is 603. The highest BCUT2D eigenvalue weighted by molar-refractivity contribution is 5.48. The number of hydrogen-bond acceptors (Lipinski definition) is 5. The monoisotopic (exact) mass is 255 g/mol. The molecule has 2 rings (SSSR count). The highest BCUT2D eigenvalue weighted by Crippen LogP contribution is 2.27. The number of nitriles is 1. The number of rotatable bonds is 4. The van der Waals surface area contributed by atoms with E-state index in [0.717, 1.165) is 0 Å². The van der Waals surface area contributed by atoms with Crippen LogP contribution in [0.1, 0.15) is 12.5 Å². The summed E-state index contributed by atoms with van der Waals surface area (Å²) in [6.45, 7) is 2.34. The molecule has 19 heavy (non-hydrogen) atoms. The zero-order chi connectivity index (χ0) is 13.7. The van der Waals surface area contributed by atoms with Crippen LogP contribution in [0.4, 0.5) is 5.69 Å². The molecular formula is C14H13N3O2. The molecule has 5 nitrogen and oxygen atoms in total. The Morgan fingerprint density at radius 1 is 1.32 bits per heavy atom. The van der Waals surface area contributed by atoms with Gasteiger partial charge in [-0.2, -0.15) is 5.26 Å². The number of nitrogens with two attached hydrogens (primary N) is 1. The molecule has 0 aliphatic rings. The van der Waals surface area contributed by atoms with Crippen LogP contribution in [0.3, 0.4) is 0 Å². The van der Waals surface area contributed by atoms with Crippen LogP contribution < -0.4 is 15.2 Å². The highest BCUT2D eigenvalue weighted by Gasteiger charge is 2.06. The summed E-state index contributed by atoms with van der Waals surface area (Å²) in [6, 6.07) is 10.5. The summed E-state index contributed by atoms with van der Waals surface area (Å²) in [6.07, 6.45) is 1.52. The molecule has 1 aromatic heterocycles. The Kier molecular flexibility index (Phi) is 3.84. The van der Waals surface area contributed by atoms with Crippen molar-refractivity contribution in [2.75, 3.05) is 12.3 Å². The largest absolute Gasteiger partial charge is 0.492 e. The van der Waals surface area contributed by atoms with Crippen LogP contribution in [0.15, 0.2) is 36.5 Å². The molecule has 5 heteroatoms. The van der Waals surface area contributed by atoms with Gasteiger partial charge in [0.1, 0.15) is 17.6 Å². The van der Waals surface area contributed by atoms with E-state index in [1.54, 1.807) is 30.3 Å². The van der Waals surface area contributed by atoms with Crippen LogP contribution in [0.5, 0.6) is 17.4 Å². The van der Waals surface area contributed by atoms with E-state index in [-0.39, 0.29) is 0 Å². The van der Waals surface area contributed by atoms with Crippen molar-refractivity contribution in [3.05, 3.63) is 42.1 Å².